The molecule has 0 spiro atoms. The van der Waals surface area contributed by atoms with Crippen molar-refractivity contribution in [2.45, 2.75) is 45.8 Å². The summed E-state index contributed by atoms with van der Waals surface area (Å²) in [5, 5.41) is 3.47. The normalized spacial score (nSPS) is 28.6. The van der Waals surface area contributed by atoms with Crippen LogP contribution in [0.2, 0.25) is 0 Å². The maximum Gasteiger partial charge on any atom is 0.241 e. The number of nitrogens with zero attached hydrogens (tertiary/aromatic N) is 2. The third kappa shape index (κ3) is 3.71. The topological polar surface area (TPSA) is 44.8 Å². The van der Waals surface area contributed by atoms with Gasteiger partial charge >= 0.3 is 0 Å². The Morgan fingerprint density at radius 1 is 1.30 bits per heavy atom. The van der Waals surface area contributed by atoms with Crippen LogP contribution in [0.25, 0.3) is 0 Å². The number of carbonyl (C=O) groups excluding carboxylic acids is 1. The molecule has 5 heteroatoms. The number of hydrogen-bond donors (Lipinski definition) is 1. The minimum Gasteiger partial charge on any atom is -0.379 e. The van der Waals surface area contributed by atoms with Crippen LogP contribution in [-0.2, 0) is 9.53 Å². The first-order valence-corrected chi connectivity index (χ1v) is 8.00. The Morgan fingerprint density at radius 3 is 2.60 bits per heavy atom. The molecule has 20 heavy (non-hydrogen) atoms. The predicted molar refractivity (Wildman–Crippen MR) is 79.4 cm³/mol. The van der Waals surface area contributed by atoms with Crippen molar-refractivity contribution in [2.24, 2.45) is 5.92 Å². The smallest absolute Gasteiger partial charge is 0.241 e. The van der Waals surface area contributed by atoms with Crippen LogP contribution in [0.1, 0.15) is 33.6 Å². The standard InChI is InChI=1S/C15H29N3O2/c1-4-13-16-14(12(2)3)15(19)18(13)7-5-6-17-8-10-20-11-9-17/h12-14,16H,4-11H2,1-3H3. The molecule has 2 aliphatic rings. The van der Waals surface area contributed by atoms with Gasteiger partial charge in [0, 0.05) is 26.2 Å². The molecule has 2 rings (SSSR count). The lowest BCUT2D eigenvalue weighted by Gasteiger charge is -2.28. The van der Waals surface area contributed by atoms with Gasteiger partial charge in [0.05, 0.1) is 25.4 Å². The van der Waals surface area contributed by atoms with E-state index in [-0.39, 0.29) is 18.1 Å². The quantitative estimate of drug-likeness (QED) is 0.787. The molecule has 2 saturated heterocycles. The molecule has 5 nitrogen and oxygen atoms in total. The number of morpholine rings is 1. The number of rotatable bonds is 6. The summed E-state index contributed by atoms with van der Waals surface area (Å²) in [6, 6.07) is 0.00309. The van der Waals surface area contributed by atoms with Crippen molar-refractivity contribution in [3.8, 4) is 0 Å². The van der Waals surface area contributed by atoms with Crippen molar-refractivity contribution in [1.82, 2.24) is 15.1 Å². The second-order valence-corrected chi connectivity index (χ2v) is 6.15. The van der Waals surface area contributed by atoms with E-state index in [1.54, 1.807) is 0 Å². The first-order valence-electron chi connectivity index (χ1n) is 8.00. The zero-order valence-corrected chi connectivity index (χ0v) is 13.1. The highest BCUT2D eigenvalue weighted by atomic mass is 16.5. The van der Waals surface area contributed by atoms with Crippen LogP contribution in [0, 0.1) is 5.92 Å². The third-order valence-electron chi connectivity index (χ3n) is 4.33. The lowest BCUT2D eigenvalue weighted by molar-refractivity contribution is -0.130. The molecule has 2 heterocycles. The number of carbonyl (C=O) groups is 1. The van der Waals surface area contributed by atoms with E-state index in [0.717, 1.165) is 52.2 Å². The second-order valence-electron chi connectivity index (χ2n) is 6.15. The predicted octanol–water partition coefficient (Wildman–Crippen LogP) is 0.901. The Bertz CT molecular complexity index is 316. The minimum absolute atomic E-state index is 0.00309. The highest BCUT2D eigenvalue weighted by Crippen LogP contribution is 2.19. The molecule has 1 N–H and O–H groups in total. The summed E-state index contributed by atoms with van der Waals surface area (Å²) < 4.78 is 5.36. The van der Waals surface area contributed by atoms with Gasteiger partial charge in [0.2, 0.25) is 5.91 Å². The van der Waals surface area contributed by atoms with Gasteiger partial charge in [-0.15, -0.1) is 0 Å². The number of nitrogens with one attached hydrogen (secondary N) is 1. The van der Waals surface area contributed by atoms with Crippen molar-refractivity contribution in [1.29, 1.82) is 0 Å². The average Bonchev–Trinajstić information content (AvgIpc) is 2.77. The molecular weight excluding hydrogens is 254 g/mol. The fourth-order valence-electron chi connectivity index (χ4n) is 3.07. The molecule has 0 radical (unpaired) electrons. The van der Waals surface area contributed by atoms with Gasteiger partial charge in [-0.2, -0.15) is 0 Å². The monoisotopic (exact) mass is 283 g/mol. The SMILES string of the molecule is CCC1NC(C(C)C)C(=O)N1CCCN1CCOCC1. The summed E-state index contributed by atoms with van der Waals surface area (Å²) in [6.07, 6.45) is 2.25. The van der Waals surface area contributed by atoms with Crippen LogP contribution < -0.4 is 5.32 Å². The van der Waals surface area contributed by atoms with Gasteiger partial charge in [-0.1, -0.05) is 20.8 Å². The summed E-state index contributed by atoms with van der Waals surface area (Å²) in [4.78, 5) is 16.9. The summed E-state index contributed by atoms with van der Waals surface area (Å²) in [5.74, 6) is 0.648. The van der Waals surface area contributed by atoms with Gasteiger partial charge in [0.15, 0.2) is 0 Å². The molecule has 0 bridgehead atoms. The Morgan fingerprint density at radius 2 is 2.00 bits per heavy atom. The van der Waals surface area contributed by atoms with Gasteiger partial charge in [-0.3, -0.25) is 15.0 Å². The van der Waals surface area contributed by atoms with Crippen LogP contribution >= 0.6 is 0 Å². The Labute approximate surface area is 122 Å². The average molecular weight is 283 g/mol. The first-order chi connectivity index (χ1) is 9.63. The maximum atomic E-state index is 12.4. The molecule has 2 fully saturated rings. The summed E-state index contributed by atoms with van der Waals surface area (Å²) in [6.45, 7) is 12.0. The second kappa shape index (κ2) is 7.38. The Kier molecular flexibility index (Phi) is 5.81. The molecular formula is C15H29N3O2. The molecule has 2 aliphatic heterocycles. The van der Waals surface area contributed by atoms with Crippen LogP contribution in [-0.4, -0.2) is 67.3 Å². The molecule has 0 aromatic heterocycles. The molecule has 2 unspecified atom stereocenters. The minimum atomic E-state index is 0.00309. The first kappa shape index (κ1) is 15.7. The van der Waals surface area contributed by atoms with E-state index in [1.807, 2.05) is 4.90 Å². The highest BCUT2D eigenvalue weighted by molar-refractivity contribution is 5.84. The fraction of sp³-hybridized carbons (Fsp3) is 0.933. The van der Waals surface area contributed by atoms with Gasteiger partial charge in [-0.25, -0.2) is 0 Å². The molecule has 0 aliphatic carbocycles. The van der Waals surface area contributed by atoms with E-state index >= 15 is 0 Å². The summed E-state index contributed by atoms with van der Waals surface area (Å²) >= 11 is 0. The molecule has 2 atom stereocenters. The lowest BCUT2D eigenvalue weighted by atomic mass is 10.1. The van der Waals surface area contributed by atoms with Crippen molar-refractivity contribution < 1.29 is 9.53 Å². The highest BCUT2D eigenvalue weighted by Gasteiger charge is 2.38. The van der Waals surface area contributed by atoms with E-state index in [4.69, 9.17) is 4.74 Å². The number of hydrogen-bond acceptors (Lipinski definition) is 4. The van der Waals surface area contributed by atoms with E-state index < -0.39 is 0 Å². The number of amides is 1. The van der Waals surface area contributed by atoms with E-state index in [9.17, 15) is 4.79 Å². The Balaban J connectivity index is 1.79. The largest absolute Gasteiger partial charge is 0.379 e. The van der Waals surface area contributed by atoms with Gasteiger partial charge < -0.3 is 9.64 Å². The van der Waals surface area contributed by atoms with Crippen LogP contribution in [0.15, 0.2) is 0 Å². The van der Waals surface area contributed by atoms with Crippen molar-refractivity contribution >= 4 is 5.91 Å². The summed E-state index contributed by atoms with van der Waals surface area (Å²) in [7, 11) is 0. The molecule has 0 aromatic carbocycles. The van der Waals surface area contributed by atoms with Crippen LogP contribution in [0.5, 0.6) is 0 Å². The van der Waals surface area contributed by atoms with E-state index in [2.05, 4.69) is 31.0 Å². The van der Waals surface area contributed by atoms with Gasteiger partial charge in [0.25, 0.3) is 0 Å². The molecule has 0 saturated carbocycles. The van der Waals surface area contributed by atoms with Crippen LogP contribution in [0.3, 0.4) is 0 Å². The summed E-state index contributed by atoms with van der Waals surface area (Å²) in [5.41, 5.74) is 0. The molecule has 0 aromatic rings. The van der Waals surface area contributed by atoms with E-state index in [0.29, 0.717) is 5.92 Å². The zero-order chi connectivity index (χ0) is 14.5. The van der Waals surface area contributed by atoms with Gasteiger partial charge in [0.1, 0.15) is 0 Å². The zero-order valence-electron chi connectivity index (χ0n) is 13.1. The maximum absolute atomic E-state index is 12.4. The van der Waals surface area contributed by atoms with E-state index in [1.165, 1.54) is 0 Å². The van der Waals surface area contributed by atoms with Crippen LogP contribution in [0.4, 0.5) is 0 Å². The third-order valence-corrected chi connectivity index (χ3v) is 4.33. The lowest BCUT2D eigenvalue weighted by Crippen LogP contribution is -2.41. The van der Waals surface area contributed by atoms with Crippen molar-refractivity contribution in [3.63, 3.8) is 0 Å². The molecule has 116 valence electrons. The molecule has 1 amide bonds. The number of ether oxygens (including phenoxy) is 1. The van der Waals surface area contributed by atoms with Crippen molar-refractivity contribution in [2.75, 3.05) is 39.4 Å². The van der Waals surface area contributed by atoms with Crippen molar-refractivity contribution in [3.05, 3.63) is 0 Å². The Hall–Kier alpha value is -0.650. The van der Waals surface area contributed by atoms with Gasteiger partial charge in [-0.05, 0) is 18.8 Å². The fourth-order valence-corrected chi connectivity index (χ4v) is 3.07.